The number of hydrazine groups is 1. The smallest absolute Gasteiger partial charge is 0.306 e. The first-order valence-electron chi connectivity index (χ1n) is 8.05. The van der Waals surface area contributed by atoms with Gasteiger partial charge in [-0.1, -0.05) is 29.8 Å². The summed E-state index contributed by atoms with van der Waals surface area (Å²) in [7, 11) is 0. The lowest BCUT2D eigenvalue weighted by molar-refractivity contribution is -0.142. The van der Waals surface area contributed by atoms with Crippen molar-refractivity contribution in [1.29, 1.82) is 0 Å². The molecule has 5 N–H and O–H groups in total. The van der Waals surface area contributed by atoms with E-state index in [9.17, 15) is 19.5 Å². The fourth-order valence-electron chi connectivity index (χ4n) is 3.15. The van der Waals surface area contributed by atoms with Crippen LogP contribution in [0.1, 0.15) is 12.8 Å². The Morgan fingerprint density at radius 1 is 1.26 bits per heavy atom. The molecule has 0 saturated heterocycles. The van der Waals surface area contributed by atoms with Gasteiger partial charge in [-0.3, -0.25) is 24.7 Å². The molecule has 1 unspecified atom stereocenters. The number of anilines is 3. The molecule has 9 heteroatoms. The fraction of sp³-hybridized carbons (Fsp3) is 0.167. The lowest BCUT2D eigenvalue weighted by Gasteiger charge is -2.30. The summed E-state index contributed by atoms with van der Waals surface area (Å²) in [5, 5.41) is 12.6. The molecule has 1 aliphatic heterocycles. The van der Waals surface area contributed by atoms with Gasteiger partial charge in [-0.15, -0.1) is 0 Å². The molecule has 3 rings (SSSR count). The van der Waals surface area contributed by atoms with Gasteiger partial charge in [-0.05, 0) is 30.3 Å². The Morgan fingerprint density at radius 3 is 2.59 bits per heavy atom. The van der Waals surface area contributed by atoms with Crippen molar-refractivity contribution in [2.75, 3.05) is 10.2 Å². The van der Waals surface area contributed by atoms with Gasteiger partial charge < -0.3 is 10.4 Å². The number of amides is 2. The van der Waals surface area contributed by atoms with Crippen LogP contribution in [-0.4, -0.2) is 28.4 Å². The minimum atomic E-state index is -1.75. The topological polar surface area (TPSA) is 125 Å². The van der Waals surface area contributed by atoms with Crippen molar-refractivity contribution in [3.63, 3.8) is 0 Å². The first kappa shape index (κ1) is 18.7. The number of carboxylic acid groups (broad SMARTS) is 1. The van der Waals surface area contributed by atoms with Gasteiger partial charge in [-0.25, -0.2) is 5.84 Å². The molecule has 2 aromatic carbocycles. The van der Waals surface area contributed by atoms with E-state index in [0.717, 1.165) is 0 Å². The molecule has 140 valence electrons. The quantitative estimate of drug-likeness (QED) is 0.361. The molecule has 0 radical (unpaired) electrons. The molecule has 0 saturated carbocycles. The second-order valence-electron chi connectivity index (χ2n) is 6.15. The number of nitrogens with two attached hydrogens (primary N) is 1. The van der Waals surface area contributed by atoms with Crippen molar-refractivity contribution in [3.05, 3.63) is 53.6 Å². The number of fused-ring (bicyclic) bond motifs is 1. The van der Waals surface area contributed by atoms with Crippen LogP contribution in [0.15, 0.2) is 48.5 Å². The van der Waals surface area contributed by atoms with Crippen LogP contribution >= 0.6 is 11.6 Å². The van der Waals surface area contributed by atoms with E-state index in [1.54, 1.807) is 48.5 Å². The number of rotatable bonds is 4. The van der Waals surface area contributed by atoms with Crippen molar-refractivity contribution >= 4 is 46.4 Å². The van der Waals surface area contributed by atoms with Gasteiger partial charge in [0.05, 0.1) is 24.2 Å². The second kappa shape index (κ2) is 7.26. The highest BCUT2D eigenvalue weighted by Crippen LogP contribution is 2.41. The highest BCUT2D eigenvalue weighted by Gasteiger charge is 2.46. The predicted octanol–water partition coefficient (Wildman–Crippen LogP) is 2.02. The van der Waals surface area contributed by atoms with Crippen LogP contribution in [0, 0.1) is 0 Å². The number of nitrogens with zero attached hydrogens (tertiary/aromatic N) is 1. The summed E-state index contributed by atoms with van der Waals surface area (Å²) in [5.74, 6) is 2.75. The average molecular weight is 389 g/mol. The Labute approximate surface area is 159 Å². The number of benzene rings is 2. The molecule has 27 heavy (non-hydrogen) atoms. The molecule has 1 heterocycles. The van der Waals surface area contributed by atoms with Crippen LogP contribution in [0.4, 0.5) is 17.1 Å². The van der Waals surface area contributed by atoms with Crippen LogP contribution in [-0.2, 0) is 14.4 Å². The molecule has 0 aromatic heterocycles. The third kappa shape index (κ3) is 3.57. The number of aliphatic carboxylic acids is 1. The van der Waals surface area contributed by atoms with Gasteiger partial charge in [0.15, 0.2) is 0 Å². The van der Waals surface area contributed by atoms with Gasteiger partial charge in [0.2, 0.25) is 5.91 Å². The zero-order valence-corrected chi connectivity index (χ0v) is 14.9. The summed E-state index contributed by atoms with van der Waals surface area (Å²) in [6, 6.07) is 13.5. The van der Waals surface area contributed by atoms with Gasteiger partial charge in [0.1, 0.15) is 5.54 Å². The average Bonchev–Trinajstić information content (AvgIpc) is 2.75. The van der Waals surface area contributed by atoms with E-state index in [-0.39, 0.29) is 0 Å². The van der Waals surface area contributed by atoms with E-state index in [2.05, 4.69) is 5.32 Å². The maximum Gasteiger partial charge on any atom is 0.306 e. The van der Waals surface area contributed by atoms with Gasteiger partial charge >= 0.3 is 5.97 Å². The molecule has 0 aliphatic carbocycles. The number of carboxylic acids is 1. The van der Waals surface area contributed by atoms with Crippen LogP contribution in [0.3, 0.4) is 0 Å². The molecule has 0 bridgehead atoms. The monoisotopic (exact) mass is 388 g/mol. The predicted molar refractivity (Wildman–Crippen MR) is 101 cm³/mol. The maximum absolute atomic E-state index is 13.1. The van der Waals surface area contributed by atoms with E-state index in [1.165, 1.54) is 4.90 Å². The molecule has 0 spiro atoms. The molecule has 2 aromatic rings. The zero-order valence-electron chi connectivity index (χ0n) is 14.1. The second-order valence-corrected chi connectivity index (χ2v) is 6.59. The molecular formula is C18H17ClN4O4. The Hall–Kier alpha value is -3.10. The Bertz CT molecular complexity index is 905. The molecular weight excluding hydrogens is 372 g/mol. The summed E-state index contributed by atoms with van der Waals surface area (Å²) in [4.78, 5) is 38.4. The summed E-state index contributed by atoms with van der Waals surface area (Å²) >= 11 is 6.12. The first-order chi connectivity index (χ1) is 12.9. The van der Waals surface area contributed by atoms with Gasteiger partial charge in [-0.2, -0.15) is 0 Å². The SMILES string of the molecule is NNC(=O)C1(CC(=O)O)CC(=O)N(c2ccccc2)c2cc(Cl)ccc2N1. The van der Waals surface area contributed by atoms with Crippen molar-refractivity contribution in [1.82, 2.24) is 5.43 Å². The first-order valence-corrected chi connectivity index (χ1v) is 8.43. The number of carbonyl (C=O) groups is 3. The summed E-state index contributed by atoms with van der Waals surface area (Å²) in [5.41, 5.74) is 1.58. The van der Waals surface area contributed by atoms with Crippen LogP contribution < -0.4 is 21.5 Å². The lowest BCUT2D eigenvalue weighted by Crippen LogP contribution is -2.56. The van der Waals surface area contributed by atoms with E-state index < -0.39 is 36.2 Å². The molecule has 2 amide bonds. The van der Waals surface area contributed by atoms with E-state index in [0.29, 0.717) is 22.1 Å². The highest BCUT2D eigenvalue weighted by molar-refractivity contribution is 6.31. The maximum atomic E-state index is 13.1. The number of nitrogens with one attached hydrogen (secondary N) is 2. The summed E-state index contributed by atoms with van der Waals surface area (Å²) in [6.07, 6.45) is -1.05. The van der Waals surface area contributed by atoms with Crippen LogP contribution in [0.2, 0.25) is 5.02 Å². The van der Waals surface area contributed by atoms with Crippen LogP contribution in [0.25, 0.3) is 0 Å². The van der Waals surface area contributed by atoms with E-state index in [1.807, 2.05) is 5.43 Å². The fourth-order valence-corrected chi connectivity index (χ4v) is 3.32. The Kier molecular flexibility index (Phi) is 5.02. The number of carbonyl (C=O) groups excluding carboxylic acids is 2. The molecule has 1 aliphatic rings. The zero-order chi connectivity index (χ0) is 19.6. The molecule has 8 nitrogen and oxygen atoms in total. The van der Waals surface area contributed by atoms with Crippen LogP contribution in [0.5, 0.6) is 0 Å². The lowest BCUT2D eigenvalue weighted by atomic mass is 9.89. The van der Waals surface area contributed by atoms with Crippen molar-refractivity contribution in [2.24, 2.45) is 5.84 Å². The summed E-state index contributed by atoms with van der Waals surface area (Å²) < 4.78 is 0. The number of halogens is 1. The van der Waals surface area contributed by atoms with Crippen molar-refractivity contribution in [3.8, 4) is 0 Å². The molecule has 0 fully saturated rings. The van der Waals surface area contributed by atoms with Crippen molar-refractivity contribution < 1.29 is 19.5 Å². The third-order valence-electron chi connectivity index (χ3n) is 4.31. The van der Waals surface area contributed by atoms with E-state index >= 15 is 0 Å². The normalized spacial score (nSPS) is 18.9. The number of hydrogen-bond acceptors (Lipinski definition) is 5. The van der Waals surface area contributed by atoms with E-state index in [4.69, 9.17) is 17.4 Å². The Balaban J connectivity index is 2.20. The number of para-hydroxylation sites is 1. The standard InChI is InChI=1S/C18H17ClN4O4/c19-11-6-7-13-14(8-11)23(12-4-2-1-3-5-12)15(24)9-18(21-13,10-16(25)26)17(27)22-20/h1-8,21H,9-10,20H2,(H,22,27)(H,25,26). The molecule has 1 atom stereocenters. The Morgan fingerprint density at radius 2 is 1.96 bits per heavy atom. The van der Waals surface area contributed by atoms with Crippen molar-refractivity contribution in [2.45, 2.75) is 18.4 Å². The third-order valence-corrected chi connectivity index (χ3v) is 4.55. The van der Waals surface area contributed by atoms with Gasteiger partial charge in [0, 0.05) is 10.7 Å². The highest BCUT2D eigenvalue weighted by atomic mass is 35.5. The minimum Gasteiger partial charge on any atom is -0.481 e. The number of hydrogen-bond donors (Lipinski definition) is 4. The summed E-state index contributed by atoms with van der Waals surface area (Å²) in [6.45, 7) is 0. The largest absolute Gasteiger partial charge is 0.481 e. The van der Waals surface area contributed by atoms with Gasteiger partial charge in [0.25, 0.3) is 5.91 Å². The minimum absolute atomic E-state index is 0.387.